The van der Waals surface area contributed by atoms with Crippen LogP contribution < -0.4 is 13.6 Å². The van der Waals surface area contributed by atoms with Gasteiger partial charge < -0.3 is 8.92 Å². The van der Waals surface area contributed by atoms with Gasteiger partial charge in [0.2, 0.25) is 0 Å². The van der Waals surface area contributed by atoms with E-state index in [9.17, 15) is 30.0 Å². The van der Waals surface area contributed by atoms with Crippen LogP contribution in [0.25, 0.3) is 0 Å². The van der Waals surface area contributed by atoms with Crippen LogP contribution in [-0.2, 0) is 26.6 Å². The summed E-state index contributed by atoms with van der Waals surface area (Å²) in [6.45, 7) is 1.81. The minimum Gasteiger partial charge on any atom is -0.494 e. The largest absolute Gasteiger partial charge is 0.534 e. The third-order valence-electron chi connectivity index (χ3n) is 6.24. The summed E-state index contributed by atoms with van der Waals surface area (Å²) in [7, 11) is -8.83. The monoisotopic (exact) mass is 531 g/mol. The quantitative estimate of drug-likeness (QED) is 0.314. The molecule has 0 amide bonds. The molecule has 35 heavy (non-hydrogen) atoms. The van der Waals surface area contributed by atoms with E-state index in [0.717, 1.165) is 36.5 Å². The van der Waals surface area contributed by atoms with E-state index in [1.54, 1.807) is 12.1 Å². The van der Waals surface area contributed by atoms with Crippen molar-refractivity contribution >= 4 is 25.8 Å². The maximum Gasteiger partial charge on any atom is 0.534 e. The van der Waals surface area contributed by atoms with Crippen LogP contribution in [0.3, 0.4) is 0 Å². The Bertz CT molecular complexity index is 1380. The molecule has 0 aromatic heterocycles. The highest BCUT2D eigenvalue weighted by Crippen LogP contribution is 2.51. The molecule has 0 radical (unpaired) electrons. The van der Waals surface area contributed by atoms with Gasteiger partial charge in [-0.3, -0.25) is 4.72 Å². The van der Waals surface area contributed by atoms with Crippen LogP contribution in [0.1, 0.15) is 48.3 Å². The highest BCUT2D eigenvalue weighted by molar-refractivity contribution is 7.92. The Labute approximate surface area is 202 Å². The normalized spacial score (nSPS) is 18.2. The molecule has 1 atom stereocenters. The lowest BCUT2D eigenvalue weighted by atomic mass is 9.73. The Morgan fingerprint density at radius 1 is 1.03 bits per heavy atom. The first kappa shape index (κ1) is 25.4. The molecule has 1 N–H and O–H groups in total. The molecule has 2 aromatic rings. The molecule has 0 saturated heterocycles. The Balaban J connectivity index is 1.90. The van der Waals surface area contributed by atoms with Crippen molar-refractivity contribution in [1.82, 2.24) is 0 Å². The number of hydrogen-bond acceptors (Lipinski definition) is 6. The minimum absolute atomic E-state index is 0.00546. The second kappa shape index (κ2) is 9.05. The summed E-state index contributed by atoms with van der Waals surface area (Å²) in [6, 6.07) is 7.15. The van der Waals surface area contributed by atoms with Crippen LogP contribution in [0, 0.1) is 6.92 Å². The molecule has 0 heterocycles. The zero-order valence-corrected chi connectivity index (χ0v) is 20.6. The number of aryl methyl sites for hydroxylation is 1. The zero-order valence-electron chi connectivity index (χ0n) is 19.0. The summed E-state index contributed by atoms with van der Waals surface area (Å²) in [5, 5.41) is 0. The number of ether oxygens (including phenoxy) is 1. The fraction of sp³-hybridized carbons (Fsp3) is 0.391. The average Bonchev–Trinajstić information content (AvgIpc) is 2.79. The SMILES string of the molecule is COc1cc(OS(=O)(=O)C(F)(F)F)c2c(c1NS(=O)(=O)c1ccc(C)cc1)C1CCCCC1=CC2. The molecule has 1 unspecified atom stereocenters. The number of methoxy groups -OCH3 is 1. The van der Waals surface area contributed by atoms with Gasteiger partial charge in [0.15, 0.2) is 5.75 Å². The van der Waals surface area contributed by atoms with Crippen LogP contribution >= 0.6 is 0 Å². The second-order valence-corrected chi connectivity index (χ2v) is 11.7. The van der Waals surface area contributed by atoms with E-state index < -0.39 is 31.4 Å². The number of sulfonamides is 1. The topological polar surface area (TPSA) is 98.8 Å². The molecular weight excluding hydrogens is 507 g/mol. The maximum absolute atomic E-state index is 13.2. The van der Waals surface area contributed by atoms with Crippen molar-refractivity contribution in [2.75, 3.05) is 11.8 Å². The third kappa shape index (κ3) is 4.86. The number of benzene rings is 2. The number of anilines is 1. The van der Waals surface area contributed by atoms with Gasteiger partial charge in [-0.15, -0.1) is 0 Å². The third-order valence-corrected chi connectivity index (χ3v) is 8.58. The van der Waals surface area contributed by atoms with E-state index in [1.807, 2.05) is 13.0 Å². The molecule has 2 aliphatic rings. The van der Waals surface area contributed by atoms with E-state index >= 15 is 0 Å². The Hall–Kier alpha value is -2.73. The van der Waals surface area contributed by atoms with Crippen molar-refractivity contribution in [2.45, 2.75) is 55.3 Å². The first-order valence-corrected chi connectivity index (χ1v) is 13.8. The smallest absolute Gasteiger partial charge is 0.494 e. The molecule has 2 aliphatic carbocycles. The van der Waals surface area contributed by atoms with Gasteiger partial charge in [0, 0.05) is 17.5 Å². The van der Waals surface area contributed by atoms with Crippen molar-refractivity contribution in [3.63, 3.8) is 0 Å². The number of rotatable bonds is 6. The van der Waals surface area contributed by atoms with Gasteiger partial charge in [-0.25, -0.2) is 8.42 Å². The number of alkyl halides is 3. The molecule has 1 fully saturated rings. The van der Waals surface area contributed by atoms with Crippen molar-refractivity contribution in [1.29, 1.82) is 0 Å². The summed E-state index contributed by atoms with van der Waals surface area (Å²) >= 11 is 0. The van der Waals surface area contributed by atoms with Crippen molar-refractivity contribution < 1.29 is 38.9 Å². The summed E-state index contributed by atoms with van der Waals surface area (Å²) in [6.07, 6.45) is 5.06. The predicted octanol–water partition coefficient (Wildman–Crippen LogP) is 5.17. The van der Waals surface area contributed by atoms with E-state index in [2.05, 4.69) is 8.91 Å². The first-order chi connectivity index (χ1) is 16.3. The molecule has 12 heteroatoms. The number of fused-ring (bicyclic) bond motifs is 3. The molecule has 0 bridgehead atoms. The molecule has 0 aliphatic heterocycles. The molecule has 1 saturated carbocycles. The van der Waals surface area contributed by atoms with Crippen molar-refractivity contribution in [3.05, 3.63) is 58.7 Å². The number of nitrogens with one attached hydrogen (secondary N) is 1. The lowest BCUT2D eigenvalue weighted by Crippen LogP contribution is -2.29. The minimum atomic E-state index is -5.95. The van der Waals surface area contributed by atoms with Crippen LogP contribution in [0.2, 0.25) is 0 Å². The highest BCUT2D eigenvalue weighted by atomic mass is 32.2. The van der Waals surface area contributed by atoms with E-state index in [-0.39, 0.29) is 34.2 Å². The molecular formula is C23H24F3NO6S2. The highest BCUT2D eigenvalue weighted by Gasteiger charge is 2.49. The van der Waals surface area contributed by atoms with Crippen LogP contribution in [-0.4, -0.2) is 29.5 Å². The fourth-order valence-corrected chi connectivity index (χ4v) is 6.12. The van der Waals surface area contributed by atoms with Gasteiger partial charge in [0.05, 0.1) is 17.7 Å². The first-order valence-electron chi connectivity index (χ1n) is 10.9. The predicted molar refractivity (Wildman–Crippen MR) is 124 cm³/mol. The van der Waals surface area contributed by atoms with Crippen LogP contribution in [0.4, 0.5) is 18.9 Å². The van der Waals surface area contributed by atoms with Gasteiger partial charge in [0.1, 0.15) is 5.75 Å². The lowest BCUT2D eigenvalue weighted by Gasteiger charge is -2.34. The van der Waals surface area contributed by atoms with Crippen LogP contribution in [0.15, 0.2) is 46.9 Å². The molecule has 190 valence electrons. The Kier molecular flexibility index (Phi) is 6.56. The van der Waals surface area contributed by atoms with Gasteiger partial charge in [-0.1, -0.05) is 35.8 Å². The summed E-state index contributed by atoms with van der Waals surface area (Å²) < 4.78 is 102. The number of hydrogen-bond donors (Lipinski definition) is 1. The standard InChI is InChI=1S/C23H24F3NO6S2/c1-14-7-10-16(11-8-14)34(28,29)27-22-20(32-2)13-19(33-35(30,31)23(24,25)26)18-12-9-15-5-3-4-6-17(15)21(18)22/h7-11,13,17,27H,3-6,12H2,1-2H3. The van der Waals surface area contributed by atoms with Gasteiger partial charge in [-0.2, -0.15) is 21.6 Å². The molecule has 2 aromatic carbocycles. The molecule has 4 rings (SSSR count). The Morgan fingerprint density at radius 3 is 2.34 bits per heavy atom. The molecule has 0 spiro atoms. The van der Waals surface area contributed by atoms with Gasteiger partial charge in [-0.05, 0) is 50.3 Å². The summed E-state index contributed by atoms with van der Waals surface area (Å²) in [5.41, 5.74) is -3.11. The number of allylic oxidation sites excluding steroid dienone is 2. The fourth-order valence-electron chi connectivity index (χ4n) is 4.55. The molecule has 7 nitrogen and oxygen atoms in total. The summed E-state index contributed by atoms with van der Waals surface area (Å²) in [5.74, 6) is -0.985. The zero-order chi connectivity index (χ0) is 25.6. The summed E-state index contributed by atoms with van der Waals surface area (Å²) in [4.78, 5) is -0.00546. The van der Waals surface area contributed by atoms with Crippen molar-refractivity contribution in [3.8, 4) is 11.5 Å². The average molecular weight is 532 g/mol. The van der Waals surface area contributed by atoms with E-state index in [1.165, 1.54) is 19.2 Å². The number of halogens is 3. The van der Waals surface area contributed by atoms with Gasteiger partial charge in [0.25, 0.3) is 10.0 Å². The second-order valence-electron chi connectivity index (χ2n) is 8.53. The van der Waals surface area contributed by atoms with Crippen LogP contribution in [0.5, 0.6) is 11.5 Å². The maximum atomic E-state index is 13.2. The Morgan fingerprint density at radius 2 is 1.71 bits per heavy atom. The lowest BCUT2D eigenvalue weighted by molar-refractivity contribution is -0.0500. The van der Waals surface area contributed by atoms with E-state index in [4.69, 9.17) is 4.74 Å². The van der Waals surface area contributed by atoms with E-state index in [0.29, 0.717) is 12.0 Å². The van der Waals surface area contributed by atoms with Crippen molar-refractivity contribution in [2.24, 2.45) is 0 Å². The van der Waals surface area contributed by atoms with Gasteiger partial charge >= 0.3 is 15.6 Å².